The number of hydrogen-bond donors (Lipinski definition) is 1. The molecule has 0 aliphatic carbocycles. The van der Waals surface area contributed by atoms with Crippen LogP contribution in [0.25, 0.3) is 0 Å². The van der Waals surface area contributed by atoms with E-state index in [-0.39, 0.29) is 22.8 Å². The molecule has 25 heavy (non-hydrogen) atoms. The third-order valence-corrected chi connectivity index (χ3v) is 3.48. The van der Waals surface area contributed by atoms with Gasteiger partial charge in [-0.1, -0.05) is 17.3 Å². The van der Waals surface area contributed by atoms with Gasteiger partial charge in [-0.15, -0.1) is 0 Å². The minimum atomic E-state index is -0.733. The number of nitrogens with zero attached hydrogens (tertiary/aromatic N) is 3. The van der Waals surface area contributed by atoms with E-state index in [1.165, 1.54) is 17.0 Å². The number of halogens is 1. The van der Waals surface area contributed by atoms with E-state index in [4.69, 9.17) is 17.0 Å². The third-order valence-electron chi connectivity index (χ3n) is 3.34. The van der Waals surface area contributed by atoms with Crippen molar-refractivity contribution in [2.75, 3.05) is 39.1 Å². The topological polar surface area (TPSA) is 77.0 Å². The number of nitrogens with one attached hydrogen (secondary N) is 1. The maximum Gasteiger partial charge on any atom is 0.414 e. The normalized spacial score (nSPS) is 18.3. The number of cyclic esters (lactones) is 1. The van der Waals surface area contributed by atoms with Gasteiger partial charge in [0, 0.05) is 5.56 Å². The van der Waals surface area contributed by atoms with Crippen LogP contribution in [0.2, 0.25) is 0 Å². The molecule has 0 spiro atoms. The number of benzene rings is 1. The Kier molecular flexibility index (Phi) is 5.58. The molecule has 1 fully saturated rings. The van der Waals surface area contributed by atoms with Crippen LogP contribution >= 0.6 is 12.2 Å². The molecule has 0 aromatic heterocycles. The van der Waals surface area contributed by atoms with Gasteiger partial charge in [0.05, 0.1) is 50.8 Å². The summed E-state index contributed by atoms with van der Waals surface area (Å²) in [5, 5.41) is 18.8. The molecule has 1 aliphatic heterocycles. The van der Waals surface area contributed by atoms with E-state index in [0.29, 0.717) is 17.2 Å². The summed E-state index contributed by atoms with van der Waals surface area (Å²) in [5.74, 6) is -1.39. The van der Waals surface area contributed by atoms with Crippen LogP contribution in [-0.4, -0.2) is 61.9 Å². The van der Waals surface area contributed by atoms with Gasteiger partial charge in [0.15, 0.2) is 0 Å². The van der Waals surface area contributed by atoms with Crippen LogP contribution in [0.1, 0.15) is 12.5 Å². The summed E-state index contributed by atoms with van der Waals surface area (Å²) in [7, 11) is 5.09. The first kappa shape index (κ1) is 19.1. The minimum Gasteiger partial charge on any atom is -0.854 e. The highest BCUT2D eigenvalue weighted by atomic mass is 32.1. The van der Waals surface area contributed by atoms with Crippen LogP contribution in [0.15, 0.2) is 23.3 Å². The first-order chi connectivity index (χ1) is 11.6. The number of ether oxygens (including phenoxy) is 1. The summed E-state index contributed by atoms with van der Waals surface area (Å²) in [6.07, 6.45) is -0.952. The first-order valence-corrected chi connectivity index (χ1v) is 8.09. The average Bonchev–Trinajstić information content (AvgIpc) is 2.84. The quantitative estimate of drug-likeness (QED) is 0.274. The Labute approximate surface area is 151 Å². The molecular weight excluding hydrogens is 347 g/mol. The van der Waals surface area contributed by atoms with Crippen molar-refractivity contribution < 1.29 is 23.6 Å². The molecule has 1 N–H and O–H groups in total. The van der Waals surface area contributed by atoms with Crippen LogP contribution in [0, 0.1) is 5.82 Å². The van der Waals surface area contributed by atoms with Gasteiger partial charge in [0.25, 0.3) is 0 Å². The van der Waals surface area contributed by atoms with Gasteiger partial charge in [-0.05, 0) is 25.1 Å². The molecule has 136 valence electrons. The van der Waals surface area contributed by atoms with E-state index in [9.17, 15) is 14.3 Å². The largest absolute Gasteiger partial charge is 0.854 e. The molecule has 1 aliphatic rings. The Morgan fingerprint density at radius 3 is 2.76 bits per heavy atom. The highest BCUT2D eigenvalue weighted by molar-refractivity contribution is 7.80. The van der Waals surface area contributed by atoms with Crippen LogP contribution in [0.4, 0.5) is 14.9 Å². The highest BCUT2D eigenvalue weighted by Crippen LogP contribution is 2.24. The molecule has 1 aromatic rings. The van der Waals surface area contributed by atoms with Gasteiger partial charge in [0.1, 0.15) is 11.9 Å². The maximum atomic E-state index is 14.3. The van der Waals surface area contributed by atoms with Gasteiger partial charge in [-0.2, -0.15) is 0 Å². The fourth-order valence-corrected chi connectivity index (χ4v) is 2.35. The number of anilines is 1. The van der Waals surface area contributed by atoms with E-state index < -0.39 is 17.8 Å². The lowest BCUT2D eigenvalue weighted by atomic mass is 10.1. The summed E-state index contributed by atoms with van der Waals surface area (Å²) < 4.78 is 19.6. The number of rotatable bonds is 5. The minimum absolute atomic E-state index is 0.0342. The second-order valence-corrected chi connectivity index (χ2v) is 7.18. The van der Waals surface area contributed by atoms with Crippen molar-refractivity contribution in [1.82, 2.24) is 5.32 Å². The monoisotopic (exact) mass is 368 g/mol. The predicted octanol–water partition coefficient (Wildman–Crippen LogP) is 0.816. The van der Waals surface area contributed by atoms with Gasteiger partial charge in [-0.3, -0.25) is 4.90 Å². The second-order valence-electron chi connectivity index (χ2n) is 6.56. The number of hydrogen-bond acceptors (Lipinski definition) is 5. The van der Waals surface area contributed by atoms with E-state index in [2.05, 4.69) is 10.4 Å². The van der Waals surface area contributed by atoms with Crippen molar-refractivity contribution in [3.05, 3.63) is 29.6 Å². The van der Waals surface area contributed by atoms with Crippen LogP contribution < -0.4 is 15.3 Å². The molecule has 1 aromatic carbocycles. The second kappa shape index (κ2) is 7.32. The Morgan fingerprint density at radius 2 is 2.20 bits per heavy atom. The number of carbonyl (C=O) groups excluding carboxylic acids is 1. The van der Waals surface area contributed by atoms with Gasteiger partial charge < -0.3 is 15.2 Å². The molecule has 0 saturated carbocycles. The summed E-state index contributed by atoms with van der Waals surface area (Å²) in [6, 6.07) is 3.97. The van der Waals surface area contributed by atoms with Crippen molar-refractivity contribution in [3.63, 3.8) is 0 Å². The SMILES string of the molecule is CC(=S)NC[C@H]1CN(c2ccc(C([O-])=N[N+](C)(C)C)c(F)c2)C(=O)O1. The predicted molar refractivity (Wildman–Crippen MR) is 94.9 cm³/mol. The van der Waals surface area contributed by atoms with Gasteiger partial charge >= 0.3 is 6.09 Å². The lowest BCUT2D eigenvalue weighted by Crippen LogP contribution is -2.34. The number of amides is 1. The summed E-state index contributed by atoms with van der Waals surface area (Å²) in [5.41, 5.74) is 0.185. The molecular formula is C16H21FN4O3S. The van der Waals surface area contributed by atoms with Crippen LogP contribution in [0.5, 0.6) is 0 Å². The average molecular weight is 368 g/mol. The number of quaternary nitrogens is 1. The fraction of sp³-hybridized carbons (Fsp3) is 0.438. The molecule has 0 radical (unpaired) electrons. The summed E-state index contributed by atoms with van der Waals surface area (Å²) in [4.78, 5) is 13.9. The third kappa shape index (κ3) is 5.10. The lowest BCUT2D eigenvalue weighted by molar-refractivity contribution is -0.878. The molecule has 1 heterocycles. The standard InChI is InChI=1S/C16H21FN4O3S/c1-10(25)18-8-12-9-20(16(23)24-12)11-5-6-13(14(17)7-11)15(22)19-21(2,3)4/h5-7,12H,8-9H2,1-4H3,(H-,18,19,22,25)/t12-/m0/s1. The first-order valence-electron chi connectivity index (χ1n) is 7.68. The van der Waals surface area contributed by atoms with Crippen molar-refractivity contribution in [3.8, 4) is 0 Å². The van der Waals surface area contributed by atoms with Crippen molar-refractivity contribution in [2.24, 2.45) is 5.10 Å². The Balaban J connectivity index is 2.16. The van der Waals surface area contributed by atoms with Crippen molar-refractivity contribution in [1.29, 1.82) is 0 Å². The maximum absolute atomic E-state index is 14.3. The molecule has 0 bridgehead atoms. The van der Waals surface area contributed by atoms with E-state index in [1.807, 2.05) is 0 Å². The molecule has 1 amide bonds. The summed E-state index contributed by atoms with van der Waals surface area (Å²) in [6.45, 7) is 2.39. The molecule has 2 rings (SSSR count). The fourth-order valence-electron chi connectivity index (χ4n) is 2.27. The number of thiocarbonyl (C=S) groups is 1. The van der Waals surface area contributed by atoms with Gasteiger partial charge in [-0.25, -0.2) is 13.8 Å². The van der Waals surface area contributed by atoms with E-state index >= 15 is 0 Å². The van der Waals surface area contributed by atoms with Crippen LogP contribution in [-0.2, 0) is 4.74 Å². The zero-order chi connectivity index (χ0) is 18.8. The van der Waals surface area contributed by atoms with E-state index in [0.717, 1.165) is 6.07 Å². The Bertz CT molecular complexity index is 718. The smallest absolute Gasteiger partial charge is 0.414 e. The summed E-state index contributed by atoms with van der Waals surface area (Å²) >= 11 is 4.92. The highest BCUT2D eigenvalue weighted by Gasteiger charge is 2.32. The number of carbonyl (C=O) groups is 1. The Morgan fingerprint density at radius 1 is 1.52 bits per heavy atom. The van der Waals surface area contributed by atoms with Gasteiger partial charge in [0.2, 0.25) is 0 Å². The Hall–Kier alpha value is -2.26. The molecule has 1 saturated heterocycles. The zero-order valence-corrected chi connectivity index (χ0v) is 15.4. The molecule has 0 unspecified atom stereocenters. The van der Waals surface area contributed by atoms with Crippen molar-refractivity contribution >= 4 is 34.9 Å². The van der Waals surface area contributed by atoms with Crippen LogP contribution in [0.3, 0.4) is 0 Å². The zero-order valence-electron chi connectivity index (χ0n) is 14.6. The molecule has 9 heteroatoms. The van der Waals surface area contributed by atoms with Crippen molar-refractivity contribution in [2.45, 2.75) is 13.0 Å². The van der Waals surface area contributed by atoms with E-state index in [1.54, 1.807) is 28.1 Å². The molecule has 1 atom stereocenters. The lowest BCUT2D eigenvalue weighted by Gasteiger charge is -2.21. The molecule has 7 nitrogen and oxygen atoms in total.